The van der Waals surface area contributed by atoms with Crippen molar-refractivity contribution >= 4 is 22.4 Å². The van der Waals surface area contributed by atoms with Gasteiger partial charge in [-0.2, -0.15) is 4.98 Å². The van der Waals surface area contributed by atoms with Crippen molar-refractivity contribution in [1.82, 2.24) is 10.1 Å². The second-order valence-corrected chi connectivity index (χ2v) is 7.21. The van der Waals surface area contributed by atoms with Gasteiger partial charge in [0.15, 0.2) is 0 Å². The van der Waals surface area contributed by atoms with Crippen LogP contribution in [0.5, 0.6) is 0 Å². The predicted octanol–water partition coefficient (Wildman–Crippen LogP) is 4.29. The first kappa shape index (κ1) is 16.8. The maximum atomic E-state index is 13.0. The summed E-state index contributed by atoms with van der Waals surface area (Å²) in [6, 6.07) is 11.8. The van der Waals surface area contributed by atoms with E-state index in [0.29, 0.717) is 17.3 Å². The molecule has 1 atom stereocenters. The molecular formula is C17H14ClFN2O2S. The Morgan fingerprint density at radius 1 is 1.21 bits per heavy atom. The number of hydrogen-bond acceptors (Lipinski definition) is 4. The van der Waals surface area contributed by atoms with Crippen LogP contribution in [0.1, 0.15) is 17.0 Å². The van der Waals surface area contributed by atoms with E-state index in [0.717, 1.165) is 11.1 Å². The molecular weight excluding hydrogens is 351 g/mol. The van der Waals surface area contributed by atoms with E-state index in [2.05, 4.69) is 10.1 Å². The zero-order valence-electron chi connectivity index (χ0n) is 12.8. The molecule has 1 aromatic heterocycles. The lowest BCUT2D eigenvalue weighted by atomic mass is 10.1. The van der Waals surface area contributed by atoms with Gasteiger partial charge in [-0.25, -0.2) is 4.39 Å². The molecule has 0 aliphatic rings. The topological polar surface area (TPSA) is 56.0 Å². The van der Waals surface area contributed by atoms with Crippen molar-refractivity contribution in [3.8, 4) is 11.4 Å². The van der Waals surface area contributed by atoms with Crippen molar-refractivity contribution < 1.29 is 13.1 Å². The van der Waals surface area contributed by atoms with E-state index >= 15 is 0 Å². The highest BCUT2D eigenvalue weighted by atomic mass is 35.5. The molecule has 0 radical (unpaired) electrons. The van der Waals surface area contributed by atoms with Gasteiger partial charge in [0.05, 0.1) is 5.75 Å². The van der Waals surface area contributed by atoms with Crippen LogP contribution in [0, 0.1) is 12.7 Å². The normalized spacial score (nSPS) is 12.3. The zero-order chi connectivity index (χ0) is 17.1. The molecule has 0 aliphatic carbocycles. The highest BCUT2D eigenvalue weighted by molar-refractivity contribution is 7.83. The van der Waals surface area contributed by atoms with Crippen LogP contribution in [0.3, 0.4) is 0 Å². The molecule has 0 amide bonds. The molecule has 4 nitrogen and oxygen atoms in total. The molecule has 1 heterocycles. The molecule has 7 heteroatoms. The zero-order valence-corrected chi connectivity index (χ0v) is 14.4. The van der Waals surface area contributed by atoms with Gasteiger partial charge < -0.3 is 4.52 Å². The Bertz CT molecular complexity index is 898. The first-order chi connectivity index (χ1) is 11.5. The fourth-order valence-corrected chi connectivity index (χ4v) is 3.62. The summed E-state index contributed by atoms with van der Waals surface area (Å²) in [4.78, 5) is 4.28. The van der Waals surface area contributed by atoms with E-state index < -0.39 is 16.6 Å². The van der Waals surface area contributed by atoms with Crippen molar-refractivity contribution in [2.45, 2.75) is 18.4 Å². The Morgan fingerprint density at radius 2 is 2.04 bits per heavy atom. The lowest BCUT2D eigenvalue weighted by Gasteiger charge is -2.03. The second-order valence-electron chi connectivity index (χ2n) is 5.35. The quantitative estimate of drug-likeness (QED) is 0.677. The van der Waals surface area contributed by atoms with E-state index in [-0.39, 0.29) is 16.5 Å². The SMILES string of the molecule is Cc1cccc(-c2noc(C[S@@](=O)Cc3ccc(F)cc3Cl)n2)c1. The van der Waals surface area contributed by atoms with E-state index in [1.165, 1.54) is 18.2 Å². The molecule has 2 aromatic carbocycles. The predicted molar refractivity (Wildman–Crippen MR) is 91.4 cm³/mol. The molecule has 0 spiro atoms. The van der Waals surface area contributed by atoms with Gasteiger partial charge in [-0.1, -0.05) is 46.6 Å². The van der Waals surface area contributed by atoms with Gasteiger partial charge in [-0.15, -0.1) is 0 Å². The maximum Gasteiger partial charge on any atom is 0.239 e. The number of aryl methyl sites for hydroxylation is 1. The van der Waals surface area contributed by atoms with Gasteiger partial charge in [0.25, 0.3) is 0 Å². The van der Waals surface area contributed by atoms with Gasteiger partial charge in [-0.05, 0) is 30.7 Å². The fourth-order valence-electron chi connectivity index (χ4n) is 2.22. The number of halogens is 2. The van der Waals surface area contributed by atoms with Crippen LogP contribution in [0.15, 0.2) is 47.0 Å². The molecule has 3 aromatic rings. The van der Waals surface area contributed by atoms with Crippen LogP contribution in [0.25, 0.3) is 11.4 Å². The van der Waals surface area contributed by atoms with Crippen molar-refractivity contribution in [3.05, 3.63) is 70.3 Å². The third-order valence-corrected chi connectivity index (χ3v) is 4.91. The highest BCUT2D eigenvalue weighted by Gasteiger charge is 2.13. The van der Waals surface area contributed by atoms with Gasteiger partial charge >= 0.3 is 0 Å². The number of benzene rings is 2. The number of rotatable bonds is 5. The van der Waals surface area contributed by atoms with Gasteiger partial charge in [0.2, 0.25) is 11.7 Å². The van der Waals surface area contributed by atoms with Crippen molar-refractivity contribution in [3.63, 3.8) is 0 Å². The first-order valence-electron chi connectivity index (χ1n) is 7.20. The van der Waals surface area contributed by atoms with Crippen LogP contribution < -0.4 is 0 Å². The third-order valence-electron chi connectivity index (χ3n) is 3.36. The summed E-state index contributed by atoms with van der Waals surface area (Å²) in [6.45, 7) is 1.98. The first-order valence-corrected chi connectivity index (χ1v) is 9.06. The minimum atomic E-state index is -1.29. The molecule has 0 fully saturated rings. The van der Waals surface area contributed by atoms with Crippen LogP contribution in [-0.2, 0) is 22.3 Å². The van der Waals surface area contributed by atoms with E-state index in [4.69, 9.17) is 16.1 Å². The molecule has 124 valence electrons. The monoisotopic (exact) mass is 364 g/mol. The van der Waals surface area contributed by atoms with Crippen molar-refractivity contribution in [2.24, 2.45) is 0 Å². The summed E-state index contributed by atoms with van der Waals surface area (Å²) < 4.78 is 30.4. The number of hydrogen-bond donors (Lipinski definition) is 0. The van der Waals surface area contributed by atoms with E-state index in [9.17, 15) is 8.60 Å². The molecule has 0 aliphatic heterocycles. The Labute approximate surface area is 146 Å². The minimum Gasteiger partial charge on any atom is -0.338 e. The largest absolute Gasteiger partial charge is 0.338 e. The van der Waals surface area contributed by atoms with Gasteiger partial charge in [0, 0.05) is 21.4 Å². The van der Waals surface area contributed by atoms with E-state index in [1.807, 2.05) is 31.2 Å². The smallest absolute Gasteiger partial charge is 0.239 e. The molecule has 24 heavy (non-hydrogen) atoms. The van der Waals surface area contributed by atoms with Gasteiger partial charge in [0.1, 0.15) is 11.6 Å². The Balaban J connectivity index is 1.69. The fraction of sp³-hybridized carbons (Fsp3) is 0.176. The minimum absolute atomic E-state index is 0.118. The second kappa shape index (κ2) is 7.23. The lowest BCUT2D eigenvalue weighted by Crippen LogP contribution is -2.00. The summed E-state index contributed by atoms with van der Waals surface area (Å²) in [5, 5.41) is 4.18. The van der Waals surface area contributed by atoms with Crippen LogP contribution >= 0.6 is 11.6 Å². The molecule has 0 saturated carbocycles. The Morgan fingerprint density at radius 3 is 2.79 bits per heavy atom. The van der Waals surface area contributed by atoms with Crippen molar-refractivity contribution in [1.29, 1.82) is 0 Å². The Hall–Kier alpha value is -2.05. The maximum absolute atomic E-state index is 13.0. The van der Waals surface area contributed by atoms with Crippen LogP contribution in [0.4, 0.5) is 4.39 Å². The average Bonchev–Trinajstić information content (AvgIpc) is 2.98. The lowest BCUT2D eigenvalue weighted by molar-refractivity contribution is 0.390. The summed E-state index contributed by atoms with van der Waals surface area (Å²) in [7, 11) is -1.29. The molecule has 0 saturated heterocycles. The highest BCUT2D eigenvalue weighted by Crippen LogP contribution is 2.21. The van der Waals surface area contributed by atoms with E-state index in [1.54, 1.807) is 0 Å². The molecule has 0 unspecified atom stereocenters. The molecule has 3 rings (SSSR count). The number of nitrogens with zero attached hydrogens (tertiary/aromatic N) is 2. The molecule has 0 N–H and O–H groups in total. The third kappa shape index (κ3) is 4.07. The summed E-state index contributed by atoms with van der Waals surface area (Å²) in [5.74, 6) is 0.649. The summed E-state index contributed by atoms with van der Waals surface area (Å²) in [6.07, 6.45) is 0. The standard InChI is InChI=1S/C17H14ClFN2O2S/c1-11-3-2-4-12(7-11)17-20-16(23-21-17)10-24(22)9-13-5-6-14(19)8-15(13)18/h2-8H,9-10H2,1H3/t24-/m0/s1. The van der Waals surface area contributed by atoms with Gasteiger partial charge in [-0.3, -0.25) is 4.21 Å². The molecule has 0 bridgehead atoms. The van der Waals surface area contributed by atoms with Crippen LogP contribution in [-0.4, -0.2) is 14.3 Å². The number of aromatic nitrogens is 2. The Kier molecular flexibility index (Phi) is 5.06. The average molecular weight is 365 g/mol. The summed E-state index contributed by atoms with van der Waals surface area (Å²) >= 11 is 5.95. The van der Waals surface area contributed by atoms with Crippen molar-refractivity contribution in [2.75, 3.05) is 0 Å². The summed E-state index contributed by atoms with van der Waals surface area (Å²) in [5.41, 5.74) is 2.56. The van der Waals surface area contributed by atoms with Crippen LogP contribution in [0.2, 0.25) is 5.02 Å².